The molecule has 6 nitrogen and oxygen atoms in total. The van der Waals surface area contributed by atoms with Crippen molar-refractivity contribution in [2.45, 2.75) is 0 Å². The maximum absolute atomic E-state index is 11.6. The van der Waals surface area contributed by atoms with E-state index in [1.165, 1.54) is 6.21 Å². The van der Waals surface area contributed by atoms with Crippen molar-refractivity contribution in [2.75, 3.05) is 13.2 Å². The lowest BCUT2D eigenvalue weighted by atomic mass is 10.2. The zero-order chi connectivity index (χ0) is 16.3. The Labute approximate surface area is 134 Å². The van der Waals surface area contributed by atoms with Crippen molar-refractivity contribution in [3.63, 3.8) is 0 Å². The van der Waals surface area contributed by atoms with Gasteiger partial charge in [-0.3, -0.25) is 4.79 Å². The van der Waals surface area contributed by atoms with E-state index in [0.717, 1.165) is 0 Å². The number of rotatable bonds is 7. The number of carbonyl (C=O) groups excluding carboxylic acids is 1. The molecule has 23 heavy (non-hydrogen) atoms. The van der Waals surface area contributed by atoms with E-state index in [1.807, 2.05) is 24.3 Å². The summed E-state index contributed by atoms with van der Waals surface area (Å²) in [5.74, 6) is 0.759. The van der Waals surface area contributed by atoms with Gasteiger partial charge in [0.1, 0.15) is 17.6 Å². The molecule has 2 aromatic carbocycles. The van der Waals surface area contributed by atoms with Crippen molar-refractivity contribution >= 4 is 12.1 Å². The summed E-state index contributed by atoms with van der Waals surface area (Å²) >= 11 is 0. The molecule has 0 fully saturated rings. The third-order valence-electron chi connectivity index (χ3n) is 2.72. The number of amides is 1. The van der Waals surface area contributed by atoms with Gasteiger partial charge in [-0.05, 0) is 24.3 Å². The molecule has 116 valence electrons. The molecule has 0 aromatic heterocycles. The highest BCUT2D eigenvalue weighted by Crippen LogP contribution is 2.15. The van der Waals surface area contributed by atoms with Gasteiger partial charge in [0, 0.05) is 5.56 Å². The molecule has 0 saturated carbocycles. The van der Waals surface area contributed by atoms with Gasteiger partial charge in [-0.15, -0.1) is 0 Å². The molecule has 2 aromatic rings. The SMILES string of the molecule is N#CCOc1ccccc1/C=N/NC(=O)COc1ccccc1. The molecule has 1 amide bonds. The summed E-state index contributed by atoms with van der Waals surface area (Å²) in [6.45, 7) is -0.184. The zero-order valence-electron chi connectivity index (χ0n) is 12.3. The van der Waals surface area contributed by atoms with E-state index < -0.39 is 0 Å². The topological polar surface area (TPSA) is 83.7 Å². The average molecular weight is 309 g/mol. The molecule has 0 spiro atoms. The largest absolute Gasteiger partial charge is 0.484 e. The van der Waals surface area contributed by atoms with E-state index >= 15 is 0 Å². The quantitative estimate of drug-likeness (QED) is 0.627. The molecule has 0 saturated heterocycles. The number of para-hydroxylation sites is 2. The van der Waals surface area contributed by atoms with Gasteiger partial charge < -0.3 is 9.47 Å². The first-order valence-corrected chi connectivity index (χ1v) is 6.88. The fourth-order valence-corrected chi connectivity index (χ4v) is 1.70. The molecule has 0 aliphatic rings. The fraction of sp³-hybridized carbons (Fsp3) is 0.118. The van der Waals surface area contributed by atoms with Crippen molar-refractivity contribution in [3.8, 4) is 17.6 Å². The minimum atomic E-state index is -0.375. The average Bonchev–Trinajstić information content (AvgIpc) is 2.60. The van der Waals surface area contributed by atoms with Crippen LogP contribution >= 0.6 is 0 Å². The molecule has 0 atom stereocenters. The van der Waals surface area contributed by atoms with E-state index in [4.69, 9.17) is 14.7 Å². The van der Waals surface area contributed by atoms with Gasteiger partial charge in [-0.25, -0.2) is 5.43 Å². The second-order valence-corrected chi connectivity index (χ2v) is 4.38. The molecule has 0 aliphatic carbocycles. The number of nitriles is 1. The Kier molecular flexibility index (Phi) is 6.17. The van der Waals surface area contributed by atoms with Crippen molar-refractivity contribution < 1.29 is 14.3 Å². The van der Waals surface area contributed by atoms with Crippen LogP contribution in [0.5, 0.6) is 11.5 Å². The molecular formula is C17H15N3O3. The maximum atomic E-state index is 11.6. The van der Waals surface area contributed by atoms with Crippen LogP contribution in [0.1, 0.15) is 5.56 Å². The number of ether oxygens (including phenoxy) is 2. The minimum absolute atomic E-state index is 0.0534. The molecule has 0 aliphatic heterocycles. The molecule has 0 radical (unpaired) electrons. The third-order valence-corrected chi connectivity index (χ3v) is 2.72. The Balaban J connectivity index is 1.84. The monoisotopic (exact) mass is 309 g/mol. The van der Waals surface area contributed by atoms with Crippen LogP contribution in [0.15, 0.2) is 59.7 Å². The smallest absolute Gasteiger partial charge is 0.277 e. The Morgan fingerprint density at radius 2 is 1.87 bits per heavy atom. The van der Waals surface area contributed by atoms with E-state index in [1.54, 1.807) is 36.4 Å². The highest BCUT2D eigenvalue weighted by atomic mass is 16.5. The van der Waals surface area contributed by atoms with Crippen LogP contribution < -0.4 is 14.9 Å². The number of hydrogen-bond acceptors (Lipinski definition) is 5. The standard InChI is InChI=1S/C17H15N3O3/c18-10-11-22-16-9-5-4-6-14(16)12-19-20-17(21)13-23-15-7-2-1-3-8-15/h1-9,12H,11,13H2,(H,20,21)/b19-12+. The predicted octanol–water partition coefficient (Wildman–Crippen LogP) is 2.12. The summed E-state index contributed by atoms with van der Waals surface area (Å²) in [5, 5.41) is 12.4. The van der Waals surface area contributed by atoms with E-state index in [-0.39, 0.29) is 19.1 Å². The van der Waals surface area contributed by atoms with Gasteiger partial charge >= 0.3 is 0 Å². The van der Waals surface area contributed by atoms with Crippen molar-refractivity contribution in [3.05, 3.63) is 60.2 Å². The van der Waals surface area contributed by atoms with Gasteiger partial charge in [0.05, 0.1) is 6.21 Å². The van der Waals surface area contributed by atoms with Gasteiger partial charge in [-0.1, -0.05) is 30.3 Å². The van der Waals surface area contributed by atoms with Gasteiger partial charge in [0.2, 0.25) is 0 Å². The number of nitrogens with zero attached hydrogens (tertiary/aromatic N) is 2. The molecule has 0 heterocycles. The van der Waals surface area contributed by atoms with Crippen LogP contribution in [0.25, 0.3) is 0 Å². The normalized spacial score (nSPS) is 10.0. The van der Waals surface area contributed by atoms with Crippen LogP contribution in [-0.2, 0) is 4.79 Å². The number of benzene rings is 2. The summed E-state index contributed by atoms with van der Waals surface area (Å²) in [4.78, 5) is 11.6. The molecule has 0 bridgehead atoms. The second kappa shape index (κ2) is 8.85. The first-order chi connectivity index (χ1) is 11.3. The van der Waals surface area contributed by atoms with E-state index in [0.29, 0.717) is 17.1 Å². The van der Waals surface area contributed by atoms with Crippen LogP contribution in [0.3, 0.4) is 0 Å². The number of hydrogen-bond donors (Lipinski definition) is 1. The summed E-state index contributed by atoms with van der Waals surface area (Å²) in [6.07, 6.45) is 1.45. The maximum Gasteiger partial charge on any atom is 0.277 e. The fourth-order valence-electron chi connectivity index (χ4n) is 1.70. The Bertz CT molecular complexity index is 709. The van der Waals surface area contributed by atoms with Crippen molar-refractivity contribution in [2.24, 2.45) is 5.10 Å². The van der Waals surface area contributed by atoms with Gasteiger partial charge in [0.25, 0.3) is 5.91 Å². The number of carbonyl (C=O) groups is 1. The summed E-state index contributed by atoms with van der Waals surface area (Å²) < 4.78 is 10.6. The highest BCUT2D eigenvalue weighted by Gasteiger charge is 2.02. The molecule has 1 N–H and O–H groups in total. The Morgan fingerprint density at radius 1 is 1.13 bits per heavy atom. The van der Waals surface area contributed by atoms with Crippen LogP contribution in [-0.4, -0.2) is 25.3 Å². The molecular weight excluding hydrogens is 294 g/mol. The van der Waals surface area contributed by atoms with Crippen LogP contribution in [0.2, 0.25) is 0 Å². The number of nitrogens with one attached hydrogen (secondary N) is 1. The summed E-state index contributed by atoms with van der Waals surface area (Å²) in [7, 11) is 0. The highest BCUT2D eigenvalue weighted by molar-refractivity contribution is 5.85. The lowest BCUT2D eigenvalue weighted by Gasteiger charge is -2.05. The number of hydrazone groups is 1. The first-order valence-electron chi connectivity index (χ1n) is 6.88. The minimum Gasteiger partial charge on any atom is -0.484 e. The lowest BCUT2D eigenvalue weighted by Crippen LogP contribution is -2.24. The predicted molar refractivity (Wildman–Crippen MR) is 85.2 cm³/mol. The van der Waals surface area contributed by atoms with Gasteiger partial charge in [-0.2, -0.15) is 10.4 Å². The van der Waals surface area contributed by atoms with Crippen LogP contribution in [0, 0.1) is 11.3 Å². The van der Waals surface area contributed by atoms with Gasteiger partial charge in [0.15, 0.2) is 13.2 Å². The summed E-state index contributed by atoms with van der Waals surface area (Å²) in [5.41, 5.74) is 3.03. The molecule has 6 heteroatoms. The van der Waals surface area contributed by atoms with Crippen molar-refractivity contribution in [1.82, 2.24) is 5.43 Å². The molecule has 0 unspecified atom stereocenters. The van der Waals surface area contributed by atoms with Crippen molar-refractivity contribution in [1.29, 1.82) is 5.26 Å². The lowest BCUT2D eigenvalue weighted by molar-refractivity contribution is -0.123. The Morgan fingerprint density at radius 3 is 2.65 bits per heavy atom. The Hall–Kier alpha value is -3.33. The zero-order valence-corrected chi connectivity index (χ0v) is 12.3. The van der Waals surface area contributed by atoms with E-state index in [2.05, 4.69) is 10.5 Å². The second-order valence-electron chi connectivity index (χ2n) is 4.38. The summed E-state index contributed by atoms with van der Waals surface area (Å²) in [6, 6.07) is 18.0. The van der Waals surface area contributed by atoms with E-state index in [9.17, 15) is 4.79 Å². The third kappa shape index (κ3) is 5.52. The first kappa shape index (κ1) is 16.0. The van der Waals surface area contributed by atoms with Crippen LogP contribution in [0.4, 0.5) is 0 Å². The molecule has 2 rings (SSSR count).